The van der Waals surface area contributed by atoms with Gasteiger partial charge in [-0.15, -0.1) is 0 Å². The minimum atomic E-state index is -5.40. The molecule has 248 valence electrons. The molecule has 46 heavy (non-hydrogen) atoms. The van der Waals surface area contributed by atoms with Crippen molar-refractivity contribution >= 4 is 31.0 Å². The first-order valence-corrected chi connectivity index (χ1v) is 15.5. The van der Waals surface area contributed by atoms with Crippen LogP contribution in [0.15, 0.2) is 54.2 Å². The van der Waals surface area contributed by atoms with Crippen LogP contribution >= 0.6 is 7.60 Å². The molecule has 19 heteroatoms. The second kappa shape index (κ2) is 12.9. The molecular weight excluding hydrogens is 634 g/mol. The minimum Gasteiger partial charge on any atom is -0.777 e. The fourth-order valence-electron chi connectivity index (χ4n) is 5.85. The number of aliphatic hydroxyl groups excluding tert-OH is 1. The van der Waals surface area contributed by atoms with Crippen molar-refractivity contribution in [2.45, 2.75) is 42.8 Å². The number of hydrogen-bond donors (Lipinski definition) is 6. The number of ether oxygens (including phenoxy) is 1. The maximum absolute atomic E-state index is 14.4. The lowest BCUT2D eigenvalue weighted by Gasteiger charge is -2.49. The number of anilines is 2. The number of amides is 1. The predicted octanol–water partition coefficient (Wildman–Crippen LogP) is 1.50. The molecule has 0 radical (unpaired) electrons. The Kier molecular flexibility index (Phi) is 9.67. The van der Waals surface area contributed by atoms with Gasteiger partial charge in [-0.3, -0.25) is 14.4 Å². The molecule has 0 bridgehead atoms. The molecule has 1 aliphatic carbocycles. The van der Waals surface area contributed by atoms with Crippen molar-refractivity contribution in [3.63, 3.8) is 0 Å². The number of carbonyl (C=O) groups excluding carboxylic acids is 1. The summed E-state index contributed by atoms with van der Waals surface area (Å²) < 4.78 is 60.8. The van der Waals surface area contributed by atoms with E-state index < -0.39 is 53.9 Å². The molecule has 0 spiro atoms. The first-order chi connectivity index (χ1) is 21.6. The van der Waals surface area contributed by atoms with Crippen molar-refractivity contribution < 1.29 is 42.2 Å². The number of aromatic amines is 1. The Bertz CT molecular complexity index is 1640. The molecule has 0 aromatic carbocycles. The van der Waals surface area contributed by atoms with Crippen molar-refractivity contribution in [2.24, 2.45) is 0 Å². The summed E-state index contributed by atoms with van der Waals surface area (Å²) in [6.07, 6.45) is 3.56. The number of nitrogens with zero attached hydrogens (tertiary/aromatic N) is 5. The highest BCUT2D eigenvalue weighted by molar-refractivity contribution is 7.52. The largest absolute Gasteiger partial charge is 0.777 e. The average molecular weight is 668 g/mol. The Morgan fingerprint density at radius 1 is 1.37 bits per heavy atom. The number of H-pyrrole nitrogens is 1. The molecule has 5 atom stereocenters. The van der Waals surface area contributed by atoms with E-state index in [1.165, 1.54) is 43.7 Å². The van der Waals surface area contributed by atoms with E-state index in [2.05, 4.69) is 36.1 Å². The van der Waals surface area contributed by atoms with Gasteiger partial charge in [-0.1, -0.05) is 11.6 Å². The molecule has 0 saturated carbocycles. The van der Waals surface area contributed by atoms with Crippen LogP contribution < -0.4 is 25.3 Å². The van der Waals surface area contributed by atoms with Crippen LogP contribution in [0.4, 0.5) is 30.6 Å². The highest BCUT2D eigenvalue weighted by Crippen LogP contribution is 2.55. The summed E-state index contributed by atoms with van der Waals surface area (Å²) in [6, 6.07) is 0.515. The zero-order valence-corrected chi connectivity index (χ0v) is 25.9. The number of halogens is 3. The topological polar surface area (TPSA) is 221 Å². The third kappa shape index (κ3) is 6.11. The Morgan fingerprint density at radius 3 is 2.67 bits per heavy atom. The molecule has 3 heterocycles. The van der Waals surface area contributed by atoms with Crippen molar-refractivity contribution in [2.75, 3.05) is 44.5 Å². The summed E-state index contributed by atoms with van der Waals surface area (Å²) >= 11 is 0. The molecule has 4 rings (SSSR count). The predicted molar refractivity (Wildman–Crippen MR) is 157 cm³/mol. The maximum Gasteiger partial charge on any atom is 0.421 e. The van der Waals surface area contributed by atoms with Gasteiger partial charge in [0.1, 0.15) is 36.0 Å². The zero-order chi connectivity index (χ0) is 34.0. The molecule has 6 N–H and O–H groups in total. The third-order valence-corrected chi connectivity index (χ3v) is 9.54. The fourth-order valence-corrected chi connectivity index (χ4v) is 6.85. The van der Waals surface area contributed by atoms with E-state index in [0.29, 0.717) is 17.5 Å². The molecule has 1 aliphatic heterocycles. The summed E-state index contributed by atoms with van der Waals surface area (Å²) in [6.45, 7) is 1.57. The first kappa shape index (κ1) is 34.6. The number of alkyl halides is 3. The number of carbonyl (C=O) groups is 1. The third-order valence-electron chi connectivity index (χ3n) is 8.06. The molecular formula is C27H33F3N9O6P. The van der Waals surface area contributed by atoms with Crippen LogP contribution in [0.3, 0.4) is 0 Å². The van der Waals surface area contributed by atoms with Crippen LogP contribution in [0.25, 0.3) is 0 Å². The number of methoxy groups -OCH3 is 1. The van der Waals surface area contributed by atoms with E-state index in [0.717, 1.165) is 7.11 Å². The summed E-state index contributed by atoms with van der Waals surface area (Å²) in [5.41, 5.74) is -2.60. The molecule has 15 nitrogen and oxygen atoms in total. The van der Waals surface area contributed by atoms with Gasteiger partial charge in [-0.2, -0.15) is 28.5 Å². The fraction of sp³-hybridized carbons (Fsp3) is 0.444. The SMILES string of the molecule is CNC(=O)C1C(C#N)(Nc2nc(NC3(P(=O)([O-])O)CC=C(C)C=C3OC)ncc2C(F)(F)F)C=CC[N+]1(CCCO)c1cn[nH]c1. The van der Waals surface area contributed by atoms with Gasteiger partial charge in [0.05, 0.1) is 19.9 Å². The van der Waals surface area contributed by atoms with Gasteiger partial charge < -0.3 is 40.1 Å². The standard InChI is InChI=1S/C27H33F3N9O6P/c1-17-6-8-26(46(42,43)44,20(12-17)45-3)38-24-33-15-19(27(28,29)30)22(36-24)37-25(16-31)7-4-9-39(10-5-11-40,18-13-34-35-14-18)21(25)23(41)32-2/h4,6-7,12-15,21,40H,5,8-11H2,1-3H3,(H5-,32,33,34,35,36,37,38,41,42,43,44). The molecule has 2 aromatic heterocycles. The van der Waals surface area contributed by atoms with E-state index in [1.807, 2.05) is 6.07 Å². The number of aromatic nitrogens is 4. The van der Waals surface area contributed by atoms with Gasteiger partial charge >= 0.3 is 6.18 Å². The molecule has 0 saturated heterocycles. The molecule has 1 amide bonds. The van der Waals surface area contributed by atoms with Gasteiger partial charge in [0.2, 0.25) is 17.5 Å². The van der Waals surface area contributed by atoms with Gasteiger partial charge in [0, 0.05) is 32.7 Å². The van der Waals surface area contributed by atoms with E-state index in [-0.39, 0.29) is 42.8 Å². The first-order valence-electron chi connectivity index (χ1n) is 13.9. The lowest BCUT2D eigenvalue weighted by molar-refractivity contribution is -0.199. The van der Waals surface area contributed by atoms with Gasteiger partial charge in [0.25, 0.3) is 5.91 Å². The average Bonchev–Trinajstić information content (AvgIpc) is 3.55. The van der Waals surface area contributed by atoms with Gasteiger partial charge in [-0.05, 0) is 25.2 Å². The second-order valence-electron chi connectivity index (χ2n) is 10.8. The summed E-state index contributed by atoms with van der Waals surface area (Å²) in [4.78, 5) is 44.3. The number of nitrogens with one attached hydrogen (secondary N) is 4. The number of rotatable bonds is 11. The number of likely N-dealkylation sites (N-methyl/N-ethyl adjacent to an activating group) is 1. The number of allylic oxidation sites excluding steroid dienone is 2. The van der Waals surface area contributed by atoms with E-state index in [9.17, 15) is 42.7 Å². The van der Waals surface area contributed by atoms with E-state index >= 15 is 0 Å². The molecule has 0 fully saturated rings. The van der Waals surface area contributed by atoms with Crippen molar-refractivity contribution in [3.8, 4) is 6.07 Å². The normalized spacial score (nSPS) is 27.4. The lowest BCUT2D eigenvalue weighted by atomic mass is 9.82. The maximum atomic E-state index is 14.4. The Hall–Kier alpha value is -4.27. The number of quaternary nitrogens is 1. The second-order valence-corrected chi connectivity index (χ2v) is 12.6. The summed E-state index contributed by atoms with van der Waals surface area (Å²) in [5.74, 6) is -2.61. The monoisotopic (exact) mass is 667 g/mol. The Labute approximate surface area is 261 Å². The molecule has 5 unspecified atom stereocenters. The lowest BCUT2D eigenvalue weighted by Crippen LogP contribution is -2.74. The van der Waals surface area contributed by atoms with Crippen LogP contribution in [0.5, 0.6) is 0 Å². The molecule has 2 aliphatic rings. The van der Waals surface area contributed by atoms with Crippen molar-refractivity contribution in [1.29, 1.82) is 5.26 Å². The Morgan fingerprint density at radius 2 is 2.11 bits per heavy atom. The molecule has 2 aromatic rings. The van der Waals surface area contributed by atoms with Gasteiger partial charge in [-0.25, -0.2) is 4.98 Å². The van der Waals surface area contributed by atoms with Crippen molar-refractivity contribution in [1.82, 2.24) is 30.0 Å². The number of hydrogen-bond acceptors (Lipinski definition) is 11. The highest BCUT2D eigenvalue weighted by atomic mass is 31.2. The van der Waals surface area contributed by atoms with Crippen LogP contribution in [0, 0.1) is 11.3 Å². The van der Waals surface area contributed by atoms with Crippen molar-refractivity contribution in [3.05, 3.63) is 59.8 Å². The number of nitriles is 1. The zero-order valence-electron chi connectivity index (χ0n) is 25.0. The van der Waals surface area contributed by atoms with E-state index in [4.69, 9.17) is 4.74 Å². The quantitative estimate of drug-likeness (QED) is 0.114. The van der Waals surface area contributed by atoms with Crippen LogP contribution in [-0.4, -0.2) is 86.8 Å². The smallest absolute Gasteiger partial charge is 0.421 e. The summed E-state index contributed by atoms with van der Waals surface area (Å²) in [7, 11) is -2.94. The van der Waals surface area contributed by atoms with Crippen LogP contribution in [-0.2, 0) is 20.3 Å². The summed E-state index contributed by atoms with van der Waals surface area (Å²) in [5, 5.41) is 32.0. The van der Waals surface area contributed by atoms with Gasteiger partial charge in [0.15, 0.2) is 18.6 Å². The minimum absolute atomic E-state index is 0.0865. The highest BCUT2D eigenvalue weighted by Gasteiger charge is 2.59. The van der Waals surface area contributed by atoms with E-state index in [1.54, 1.807) is 6.92 Å². The van der Waals surface area contributed by atoms with Crippen LogP contribution in [0.1, 0.15) is 25.3 Å². The van der Waals surface area contributed by atoms with Crippen LogP contribution in [0.2, 0.25) is 0 Å². The number of aliphatic hydroxyl groups is 1. The Balaban J connectivity index is 1.91.